The zero-order chi connectivity index (χ0) is 6.69. The van der Waals surface area contributed by atoms with Gasteiger partial charge in [0.1, 0.15) is 0 Å². The summed E-state index contributed by atoms with van der Waals surface area (Å²) in [7, 11) is 0. The molecule has 0 heterocycles. The second-order valence-corrected chi connectivity index (χ2v) is 2.20. The fraction of sp³-hybridized carbons (Fsp3) is 0.143. The molecular formula is C7H9Cl2N. The quantitative estimate of drug-likeness (QED) is 0.700. The molecule has 0 aliphatic rings. The Morgan fingerprint density at radius 2 is 1.90 bits per heavy atom. The number of rotatable bonds is 1. The third-order valence-electron chi connectivity index (χ3n) is 1.18. The van der Waals surface area contributed by atoms with Crippen molar-refractivity contribution in [2.75, 3.05) is 0 Å². The van der Waals surface area contributed by atoms with E-state index in [4.69, 9.17) is 17.3 Å². The second-order valence-electron chi connectivity index (χ2n) is 1.80. The van der Waals surface area contributed by atoms with Crippen LogP contribution in [-0.4, -0.2) is 0 Å². The number of hydrogen-bond acceptors (Lipinski definition) is 1. The minimum Gasteiger partial charge on any atom is -0.326 e. The Balaban J connectivity index is 0.000000810. The second kappa shape index (κ2) is 4.56. The maximum Gasteiger partial charge on any atom is 0.0450 e. The molecule has 56 valence electrons. The lowest BCUT2D eigenvalue weighted by atomic mass is 10.2. The summed E-state index contributed by atoms with van der Waals surface area (Å²) < 4.78 is 0. The molecule has 0 aromatic heterocycles. The van der Waals surface area contributed by atoms with E-state index in [-0.39, 0.29) is 12.4 Å². The van der Waals surface area contributed by atoms with E-state index < -0.39 is 0 Å². The van der Waals surface area contributed by atoms with Crippen LogP contribution in [-0.2, 0) is 6.54 Å². The van der Waals surface area contributed by atoms with Gasteiger partial charge in [0.25, 0.3) is 0 Å². The van der Waals surface area contributed by atoms with Crippen LogP contribution in [0.5, 0.6) is 0 Å². The van der Waals surface area contributed by atoms with Gasteiger partial charge in [-0.2, -0.15) is 0 Å². The molecule has 0 aliphatic carbocycles. The standard InChI is InChI=1S/C7H8ClN.ClH/c8-7-4-2-1-3-6(7)5-9;/h1-4H,5,9H2;1H. The van der Waals surface area contributed by atoms with Crippen molar-refractivity contribution in [3.05, 3.63) is 34.9 Å². The van der Waals surface area contributed by atoms with E-state index in [1.807, 2.05) is 24.3 Å². The summed E-state index contributed by atoms with van der Waals surface area (Å²) in [6, 6.07) is 7.57. The minimum atomic E-state index is 0. The monoisotopic (exact) mass is 177 g/mol. The van der Waals surface area contributed by atoms with Crippen LogP contribution in [0.3, 0.4) is 0 Å². The van der Waals surface area contributed by atoms with Crippen LogP contribution in [0.25, 0.3) is 0 Å². The Kier molecular flexibility index (Phi) is 4.45. The Morgan fingerprint density at radius 3 is 2.30 bits per heavy atom. The van der Waals surface area contributed by atoms with Crippen LogP contribution in [0, 0.1) is 0 Å². The first-order chi connectivity index (χ1) is 4.34. The topological polar surface area (TPSA) is 26.0 Å². The molecule has 0 amide bonds. The van der Waals surface area contributed by atoms with Gasteiger partial charge in [-0.1, -0.05) is 29.8 Å². The first-order valence-corrected chi connectivity index (χ1v) is 3.16. The molecule has 0 bridgehead atoms. The molecule has 10 heavy (non-hydrogen) atoms. The third kappa shape index (κ3) is 2.18. The van der Waals surface area contributed by atoms with Gasteiger partial charge in [0.15, 0.2) is 0 Å². The highest BCUT2D eigenvalue weighted by molar-refractivity contribution is 6.31. The van der Waals surface area contributed by atoms with E-state index in [2.05, 4.69) is 0 Å². The molecule has 0 fully saturated rings. The first-order valence-electron chi connectivity index (χ1n) is 2.78. The van der Waals surface area contributed by atoms with Gasteiger partial charge >= 0.3 is 0 Å². The van der Waals surface area contributed by atoms with Crippen molar-refractivity contribution in [2.24, 2.45) is 5.73 Å². The van der Waals surface area contributed by atoms with Gasteiger partial charge in [0.05, 0.1) is 0 Å². The van der Waals surface area contributed by atoms with Crippen molar-refractivity contribution in [2.45, 2.75) is 6.54 Å². The van der Waals surface area contributed by atoms with Crippen LogP contribution in [0.1, 0.15) is 5.56 Å². The predicted octanol–water partition coefficient (Wildman–Crippen LogP) is 2.22. The van der Waals surface area contributed by atoms with Gasteiger partial charge in [0, 0.05) is 11.6 Å². The van der Waals surface area contributed by atoms with E-state index in [9.17, 15) is 0 Å². The summed E-state index contributed by atoms with van der Waals surface area (Å²) in [6.07, 6.45) is 0. The van der Waals surface area contributed by atoms with E-state index in [1.54, 1.807) is 0 Å². The average Bonchev–Trinajstić information content (AvgIpc) is 1.89. The van der Waals surface area contributed by atoms with Crippen molar-refractivity contribution < 1.29 is 0 Å². The lowest BCUT2D eigenvalue weighted by molar-refractivity contribution is 1.07. The van der Waals surface area contributed by atoms with Crippen molar-refractivity contribution in [1.82, 2.24) is 0 Å². The fourth-order valence-corrected chi connectivity index (χ4v) is 0.877. The molecule has 2 N–H and O–H groups in total. The molecule has 0 saturated carbocycles. The SMILES string of the molecule is Cl.NCc1ccccc1Cl. The Morgan fingerprint density at radius 1 is 1.30 bits per heavy atom. The Hall–Kier alpha value is -0.240. The number of halogens is 2. The number of nitrogens with two attached hydrogens (primary N) is 1. The third-order valence-corrected chi connectivity index (χ3v) is 1.55. The maximum absolute atomic E-state index is 5.74. The van der Waals surface area contributed by atoms with Crippen LogP contribution >= 0.6 is 24.0 Å². The Labute approximate surface area is 71.6 Å². The van der Waals surface area contributed by atoms with E-state index in [1.165, 1.54) is 0 Å². The fourth-order valence-electron chi connectivity index (χ4n) is 0.664. The minimum absolute atomic E-state index is 0. The Bertz CT molecular complexity index is 201. The van der Waals surface area contributed by atoms with Crippen LogP contribution in [0.2, 0.25) is 5.02 Å². The normalized spacial score (nSPS) is 8.60. The molecule has 0 unspecified atom stereocenters. The van der Waals surface area contributed by atoms with Gasteiger partial charge in [-0.3, -0.25) is 0 Å². The van der Waals surface area contributed by atoms with Crippen molar-refractivity contribution >= 4 is 24.0 Å². The highest BCUT2D eigenvalue weighted by Gasteiger charge is 1.92. The predicted molar refractivity (Wildman–Crippen MR) is 46.6 cm³/mol. The van der Waals surface area contributed by atoms with Crippen LogP contribution in [0.15, 0.2) is 24.3 Å². The molecular weight excluding hydrogens is 169 g/mol. The largest absolute Gasteiger partial charge is 0.326 e. The summed E-state index contributed by atoms with van der Waals surface area (Å²) in [5, 5.41) is 0.750. The summed E-state index contributed by atoms with van der Waals surface area (Å²) in [4.78, 5) is 0. The zero-order valence-corrected chi connectivity index (χ0v) is 6.95. The zero-order valence-electron chi connectivity index (χ0n) is 5.38. The average molecular weight is 178 g/mol. The molecule has 0 saturated heterocycles. The van der Waals surface area contributed by atoms with Crippen molar-refractivity contribution in [3.8, 4) is 0 Å². The summed E-state index contributed by atoms with van der Waals surface area (Å²) in [5.74, 6) is 0. The summed E-state index contributed by atoms with van der Waals surface area (Å²) in [6.45, 7) is 0.514. The number of hydrogen-bond donors (Lipinski definition) is 1. The van der Waals surface area contributed by atoms with E-state index in [0.29, 0.717) is 6.54 Å². The summed E-state index contributed by atoms with van der Waals surface area (Å²) >= 11 is 5.74. The highest BCUT2D eigenvalue weighted by Crippen LogP contribution is 2.12. The molecule has 0 radical (unpaired) electrons. The lowest BCUT2D eigenvalue weighted by Crippen LogP contribution is -1.95. The van der Waals surface area contributed by atoms with Crippen LogP contribution in [0.4, 0.5) is 0 Å². The summed E-state index contributed by atoms with van der Waals surface area (Å²) in [5.41, 5.74) is 6.37. The molecule has 0 aliphatic heterocycles. The molecule has 1 aromatic carbocycles. The smallest absolute Gasteiger partial charge is 0.0450 e. The molecule has 0 spiro atoms. The maximum atomic E-state index is 5.74. The van der Waals surface area contributed by atoms with Crippen molar-refractivity contribution in [3.63, 3.8) is 0 Å². The molecule has 1 nitrogen and oxygen atoms in total. The molecule has 3 heteroatoms. The molecule has 0 atom stereocenters. The van der Waals surface area contributed by atoms with Crippen LogP contribution < -0.4 is 5.73 Å². The van der Waals surface area contributed by atoms with E-state index in [0.717, 1.165) is 10.6 Å². The molecule has 1 aromatic rings. The number of benzene rings is 1. The van der Waals surface area contributed by atoms with Gasteiger partial charge < -0.3 is 5.73 Å². The van der Waals surface area contributed by atoms with E-state index >= 15 is 0 Å². The first kappa shape index (κ1) is 9.76. The van der Waals surface area contributed by atoms with Gasteiger partial charge in [-0.25, -0.2) is 0 Å². The highest BCUT2D eigenvalue weighted by atomic mass is 35.5. The lowest BCUT2D eigenvalue weighted by Gasteiger charge is -1.96. The van der Waals surface area contributed by atoms with Gasteiger partial charge in [0.2, 0.25) is 0 Å². The van der Waals surface area contributed by atoms with Gasteiger partial charge in [-0.05, 0) is 11.6 Å². The van der Waals surface area contributed by atoms with Crippen molar-refractivity contribution in [1.29, 1.82) is 0 Å². The molecule has 1 rings (SSSR count). The van der Waals surface area contributed by atoms with Gasteiger partial charge in [-0.15, -0.1) is 12.4 Å².